The van der Waals surface area contributed by atoms with E-state index in [1.54, 1.807) is 0 Å². The number of aromatic amines is 1. The second-order valence-electron chi connectivity index (χ2n) is 11.2. The number of fused-ring (bicyclic) bond motifs is 2. The van der Waals surface area contributed by atoms with Crippen LogP contribution in [0.1, 0.15) is 43.5 Å². The standard InChI is InChI=1S/C29H30ClN7O/c1-5-24(38)36-14-29(15-36)10-20(11-29)37-17(3)25(26-21-13-31-33-22(21)8-16(2)27(26)30)28(34-37)18-6-7-23-19(9-18)12-32-35(23)4/h6-9,12-13,20H,5,10-11,14-15H2,1-4H3,(H,31,33). The second-order valence-corrected chi connectivity index (χ2v) is 11.6. The molecule has 4 heterocycles. The highest BCUT2D eigenvalue weighted by atomic mass is 35.5. The molecule has 1 amide bonds. The van der Waals surface area contributed by atoms with Crippen molar-refractivity contribution in [1.82, 2.24) is 34.7 Å². The fraction of sp³-hybridized carbons (Fsp3) is 0.379. The molecule has 9 heteroatoms. The van der Waals surface area contributed by atoms with Crippen LogP contribution in [0.4, 0.5) is 0 Å². The molecule has 3 aromatic heterocycles. The first kappa shape index (κ1) is 23.5. The Kier molecular flexibility index (Phi) is 5.05. The van der Waals surface area contributed by atoms with Gasteiger partial charge in [0, 0.05) is 65.1 Å². The number of amides is 1. The molecule has 0 bridgehead atoms. The number of nitrogens with zero attached hydrogens (tertiary/aromatic N) is 6. The van der Waals surface area contributed by atoms with Gasteiger partial charge in [0.2, 0.25) is 5.91 Å². The lowest BCUT2D eigenvalue weighted by atomic mass is 9.60. The van der Waals surface area contributed by atoms with Gasteiger partial charge >= 0.3 is 0 Å². The van der Waals surface area contributed by atoms with Gasteiger partial charge in [-0.05, 0) is 50.5 Å². The zero-order valence-corrected chi connectivity index (χ0v) is 22.8. The fourth-order valence-electron chi connectivity index (χ4n) is 6.67. The largest absolute Gasteiger partial charge is 0.341 e. The van der Waals surface area contributed by atoms with E-state index in [9.17, 15) is 4.79 Å². The minimum Gasteiger partial charge on any atom is -0.341 e. The number of carbonyl (C=O) groups is 1. The van der Waals surface area contributed by atoms with Crippen molar-refractivity contribution in [2.45, 2.75) is 46.1 Å². The number of aryl methyl sites for hydroxylation is 2. The summed E-state index contributed by atoms with van der Waals surface area (Å²) < 4.78 is 4.09. The minimum absolute atomic E-state index is 0.238. The second kappa shape index (κ2) is 8.17. The Bertz CT molecular complexity index is 1750. The summed E-state index contributed by atoms with van der Waals surface area (Å²) in [5, 5.41) is 19.9. The van der Waals surface area contributed by atoms with Crippen LogP contribution in [0.2, 0.25) is 5.02 Å². The number of nitrogens with one attached hydrogen (secondary N) is 1. The monoisotopic (exact) mass is 527 g/mol. The first-order chi connectivity index (χ1) is 18.3. The van der Waals surface area contributed by atoms with Crippen molar-refractivity contribution in [1.29, 1.82) is 0 Å². The fourth-order valence-corrected chi connectivity index (χ4v) is 6.92. The first-order valence-corrected chi connectivity index (χ1v) is 13.6. The molecule has 0 unspecified atom stereocenters. The molecule has 2 fully saturated rings. The van der Waals surface area contributed by atoms with Gasteiger partial charge in [-0.3, -0.25) is 19.3 Å². The Balaban J connectivity index is 1.36. The molecular weight excluding hydrogens is 498 g/mol. The molecule has 8 nitrogen and oxygen atoms in total. The SMILES string of the molecule is CCC(=O)N1CC2(CC(n3nc(-c4ccc5c(cnn5C)c4)c(-c4c(Cl)c(C)cc5[nH]ncc45)c3C)C2)C1. The van der Waals surface area contributed by atoms with E-state index in [0.29, 0.717) is 12.5 Å². The lowest BCUT2D eigenvalue weighted by molar-refractivity contribution is -0.154. The van der Waals surface area contributed by atoms with Gasteiger partial charge in [0.05, 0.1) is 34.5 Å². The summed E-state index contributed by atoms with van der Waals surface area (Å²) in [5.74, 6) is 0.253. The van der Waals surface area contributed by atoms with Gasteiger partial charge in [0.25, 0.3) is 0 Å². The first-order valence-electron chi connectivity index (χ1n) is 13.2. The van der Waals surface area contributed by atoms with E-state index in [2.05, 4.69) is 45.1 Å². The molecular formula is C29H30ClN7O. The molecule has 194 valence electrons. The number of hydrogen-bond donors (Lipinski definition) is 1. The summed E-state index contributed by atoms with van der Waals surface area (Å²) in [6.07, 6.45) is 6.39. The van der Waals surface area contributed by atoms with Crippen molar-refractivity contribution in [3.8, 4) is 22.4 Å². The highest BCUT2D eigenvalue weighted by Gasteiger charge is 2.54. The van der Waals surface area contributed by atoms with Gasteiger partial charge in [-0.25, -0.2) is 0 Å². The Morgan fingerprint density at radius 2 is 1.95 bits per heavy atom. The predicted molar refractivity (Wildman–Crippen MR) is 149 cm³/mol. The molecule has 7 rings (SSSR count). The van der Waals surface area contributed by atoms with E-state index >= 15 is 0 Å². The van der Waals surface area contributed by atoms with Gasteiger partial charge in [-0.1, -0.05) is 24.6 Å². The number of halogens is 1. The summed E-state index contributed by atoms with van der Waals surface area (Å²) in [5.41, 5.74) is 8.34. The van der Waals surface area contributed by atoms with Crippen molar-refractivity contribution >= 4 is 39.3 Å². The lowest BCUT2D eigenvalue weighted by Gasteiger charge is -2.59. The van der Waals surface area contributed by atoms with E-state index < -0.39 is 0 Å². The summed E-state index contributed by atoms with van der Waals surface area (Å²) in [4.78, 5) is 14.1. The van der Waals surface area contributed by atoms with Crippen LogP contribution in [0.25, 0.3) is 44.2 Å². The highest BCUT2D eigenvalue weighted by Crippen LogP contribution is 2.55. The molecule has 5 aromatic rings. The van der Waals surface area contributed by atoms with Gasteiger partial charge in [0.15, 0.2) is 0 Å². The third-order valence-electron chi connectivity index (χ3n) is 8.68. The number of benzene rings is 2. The molecule has 1 N–H and O–H groups in total. The van der Waals surface area contributed by atoms with Crippen molar-refractivity contribution in [2.24, 2.45) is 12.5 Å². The average molecular weight is 528 g/mol. The molecule has 0 atom stereocenters. The number of aromatic nitrogens is 6. The summed E-state index contributed by atoms with van der Waals surface area (Å²) >= 11 is 7.04. The maximum atomic E-state index is 12.1. The van der Waals surface area contributed by atoms with Gasteiger partial charge in [-0.2, -0.15) is 15.3 Å². The van der Waals surface area contributed by atoms with Crippen molar-refractivity contribution in [2.75, 3.05) is 13.1 Å². The van der Waals surface area contributed by atoms with Crippen molar-refractivity contribution < 1.29 is 4.79 Å². The van der Waals surface area contributed by atoms with Gasteiger partial charge in [-0.15, -0.1) is 0 Å². The third kappa shape index (κ3) is 3.29. The van der Waals surface area contributed by atoms with Crippen LogP contribution in [-0.2, 0) is 11.8 Å². The smallest absolute Gasteiger partial charge is 0.222 e. The Morgan fingerprint density at radius 3 is 2.71 bits per heavy atom. The van der Waals surface area contributed by atoms with Gasteiger partial charge in [0.1, 0.15) is 5.69 Å². The topological polar surface area (TPSA) is 84.6 Å². The van der Waals surface area contributed by atoms with E-state index in [-0.39, 0.29) is 11.3 Å². The number of likely N-dealkylation sites (tertiary alicyclic amines) is 1. The number of rotatable bonds is 4. The molecule has 38 heavy (non-hydrogen) atoms. The zero-order chi connectivity index (χ0) is 26.3. The van der Waals surface area contributed by atoms with E-state index in [0.717, 1.165) is 86.4 Å². The molecule has 1 aliphatic heterocycles. The Labute approximate surface area is 225 Å². The van der Waals surface area contributed by atoms with Gasteiger partial charge < -0.3 is 4.90 Å². The van der Waals surface area contributed by atoms with Crippen molar-refractivity contribution in [3.05, 3.63) is 52.9 Å². The Hall–Kier alpha value is -3.65. The van der Waals surface area contributed by atoms with Crippen LogP contribution in [0, 0.1) is 19.3 Å². The molecule has 1 saturated carbocycles. The quantitative estimate of drug-likeness (QED) is 0.319. The van der Waals surface area contributed by atoms with Crippen LogP contribution in [0.3, 0.4) is 0 Å². The lowest BCUT2D eigenvalue weighted by Crippen LogP contribution is -2.63. The Morgan fingerprint density at radius 1 is 1.16 bits per heavy atom. The minimum atomic E-state index is 0.238. The maximum Gasteiger partial charge on any atom is 0.222 e. The van der Waals surface area contributed by atoms with E-state index in [1.807, 2.05) is 48.9 Å². The van der Waals surface area contributed by atoms with E-state index in [1.165, 1.54) is 0 Å². The molecule has 1 saturated heterocycles. The predicted octanol–water partition coefficient (Wildman–Crippen LogP) is 5.82. The summed E-state index contributed by atoms with van der Waals surface area (Å²) in [7, 11) is 1.95. The molecule has 2 aliphatic rings. The molecule has 1 spiro atoms. The number of carbonyl (C=O) groups excluding carboxylic acids is 1. The summed E-state index contributed by atoms with van der Waals surface area (Å²) in [6.45, 7) is 7.85. The van der Waals surface area contributed by atoms with Crippen LogP contribution in [0.5, 0.6) is 0 Å². The normalized spacial score (nSPS) is 16.9. The average Bonchev–Trinajstić information content (AvgIpc) is 3.56. The van der Waals surface area contributed by atoms with Crippen molar-refractivity contribution in [3.63, 3.8) is 0 Å². The van der Waals surface area contributed by atoms with Crippen LogP contribution < -0.4 is 0 Å². The third-order valence-corrected chi connectivity index (χ3v) is 9.16. The highest BCUT2D eigenvalue weighted by molar-refractivity contribution is 6.36. The van der Waals surface area contributed by atoms with Crippen LogP contribution >= 0.6 is 11.6 Å². The maximum absolute atomic E-state index is 12.1. The molecule has 1 aliphatic carbocycles. The molecule has 0 radical (unpaired) electrons. The van der Waals surface area contributed by atoms with Crippen LogP contribution in [-0.4, -0.2) is 53.7 Å². The number of H-pyrrole nitrogens is 1. The zero-order valence-electron chi connectivity index (χ0n) is 22.0. The van der Waals surface area contributed by atoms with Crippen LogP contribution in [0.15, 0.2) is 36.7 Å². The summed E-state index contributed by atoms with van der Waals surface area (Å²) in [6, 6.07) is 8.74. The van der Waals surface area contributed by atoms with E-state index in [4.69, 9.17) is 16.7 Å². The number of hydrogen-bond acceptors (Lipinski definition) is 4. The molecule has 2 aromatic carbocycles.